The average Bonchev–Trinajstić information content (AvgIpc) is 2.98. The number of pyridine rings is 1. The van der Waals surface area contributed by atoms with E-state index < -0.39 is 0 Å². The molecule has 118 valence electrons. The van der Waals surface area contributed by atoms with Crippen LogP contribution in [0.5, 0.6) is 5.75 Å². The van der Waals surface area contributed by atoms with Crippen molar-refractivity contribution in [3.05, 3.63) is 52.3 Å². The number of methoxy groups -OCH3 is 1. The topological polar surface area (TPSA) is 59.6 Å². The van der Waals surface area contributed by atoms with Crippen LogP contribution < -0.4 is 10.2 Å². The van der Waals surface area contributed by atoms with Crippen LogP contribution in [0, 0.1) is 0 Å². The average molecular weight is 350 g/mol. The number of anilines is 1. The van der Waals surface area contributed by atoms with Crippen LogP contribution in [0.2, 0.25) is 10.0 Å². The van der Waals surface area contributed by atoms with E-state index in [9.17, 15) is 0 Å². The molecule has 7 heteroatoms. The standard InChI is InChI=1S/C16H13Cl2N3O2/c1-9(20-21-16-12(18)7-11(17)8-19-16)14-6-10-4-3-5-13(22-2)15(10)23-14/h3-8H,1-2H3,(H,19,21)/b20-9-. The van der Waals surface area contributed by atoms with Gasteiger partial charge in [0.1, 0.15) is 5.71 Å². The second-order valence-corrected chi connectivity index (χ2v) is 5.63. The molecular weight excluding hydrogens is 337 g/mol. The molecule has 23 heavy (non-hydrogen) atoms. The van der Waals surface area contributed by atoms with Crippen LogP contribution in [-0.2, 0) is 0 Å². The lowest BCUT2D eigenvalue weighted by molar-refractivity contribution is 0.410. The Bertz CT molecular complexity index is 890. The molecule has 0 radical (unpaired) electrons. The number of fused-ring (bicyclic) bond motifs is 1. The van der Waals surface area contributed by atoms with Crippen molar-refractivity contribution in [1.29, 1.82) is 0 Å². The Morgan fingerprint density at radius 2 is 2.13 bits per heavy atom. The molecule has 0 bridgehead atoms. The van der Waals surface area contributed by atoms with Crippen molar-refractivity contribution < 1.29 is 9.15 Å². The lowest BCUT2D eigenvalue weighted by Crippen LogP contribution is -2.00. The van der Waals surface area contributed by atoms with Gasteiger partial charge in [0.05, 0.1) is 17.2 Å². The smallest absolute Gasteiger partial charge is 0.176 e. The van der Waals surface area contributed by atoms with Gasteiger partial charge in [-0.2, -0.15) is 5.10 Å². The largest absolute Gasteiger partial charge is 0.493 e. The maximum atomic E-state index is 6.04. The van der Waals surface area contributed by atoms with Crippen molar-refractivity contribution in [3.8, 4) is 5.75 Å². The third kappa shape index (κ3) is 3.25. The van der Waals surface area contributed by atoms with E-state index in [1.165, 1.54) is 6.20 Å². The summed E-state index contributed by atoms with van der Waals surface area (Å²) in [4.78, 5) is 4.08. The Kier molecular flexibility index (Phi) is 4.41. The van der Waals surface area contributed by atoms with Gasteiger partial charge in [0.2, 0.25) is 0 Å². The molecule has 0 saturated carbocycles. The number of nitrogens with zero attached hydrogens (tertiary/aromatic N) is 2. The van der Waals surface area contributed by atoms with Gasteiger partial charge in [-0.15, -0.1) is 0 Å². The molecule has 0 unspecified atom stereocenters. The van der Waals surface area contributed by atoms with Crippen molar-refractivity contribution in [2.75, 3.05) is 12.5 Å². The van der Waals surface area contributed by atoms with Gasteiger partial charge in [0.25, 0.3) is 0 Å². The summed E-state index contributed by atoms with van der Waals surface area (Å²) in [7, 11) is 1.60. The zero-order valence-corrected chi connectivity index (χ0v) is 13.9. The number of para-hydroxylation sites is 1. The molecule has 0 aliphatic carbocycles. The number of halogens is 2. The highest BCUT2D eigenvalue weighted by Gasteiger charge is 2.11. The van der Waals surface area contributed by atoms with Crippen molar-refractivity contribution in [2.45, 2.75) is 6.92 Å². The molecule has 0 aliphatic rings. The van der Waals surface area contributed by atoms with Gasteiger partial charge in [-0.1, -0.05) is 35.3 Å². The van der Waals surface area contributed by atoms with Crippen molar-refractivity contribution in [1.82, 2.24) is 4.98 Å². The van der Waals surface area contributed by atoms with Gasteiger partial charge in [0, 0.05) is 11.6 Å². The first-order chi connectivity index (χ1) is 11.1. The van der Waals surface area contributed by atoms with Gasteiger partial charge < -0.3 is 9.15 Å². The number of hydrazone groups is 1. The molecule has 5 nitrogen and oxygen atoms in total. The minimum Gasteiger partial charge on any atom is -0.493 e. The molecular formula is C16H13Cl2N3O2. The summed E-state index contributed by atoms with van der Waals surface area (Å²) in [6, 6.07) is 9.19. The van der Waals surface area contributed by atoms with Gasteiger partial charge in [-0.3, -0.25) is 5.43 Å². The maximum Gasteiger partial charge on any atom is 0.176 e. The molecule has 0 spiro atoms. The second kappa shape index (κ2) is 6.48. The molecule has 0 aliphatic heterocycles. The second-order valence-electron chi connectivity index (χ2n) is 4.78. The van der Waals surface area contributed by atoms with Crippen molar-refractivity contribution in [3.63, 3.8) is 0 Å². The molecule has 3 aromatic rings. The van der Waals surface area contributed by atoms with Crippen molar-refractivity contribution in [2.24, 2.45) is 5.10 Å². The fourth-order valence-electron chi connectivity index (χ4n) is 2.06. The van der Waals surface area contributed by atoms with Gasteiger partial charge in [0.15, 0.2) is 22.9 Å². The van der Waals surface area contributed by atoms with E-state index in [-0.39, 0.29) is 0 Å². The molecule has 0 saturated heterocycles. The number of hydrogen-bond acceptors (Lipinski definition) is 5. The summed E-state index contributed by atoms with van der Waals surface area (Å²) >= 11 is 11.9. The minimum absolute atomic E-state index is 0.389. The molecule has 1 aromatic carbocycles. The normalized spacial score (nSPS) is 11.7. The fraction of sp³-hybridized carbons (Fsp3) is 0.125. The van der Waals surface area contributed by atoms with E-state index in [0.29, 0.717) is 38.7 Å². The summed E-state index contributed by atoms with van der Waals surface area (Å²) in [6.45, 7) is 1.82. The van der Waals surface area contributed by atoms with Crippen LogP contribution in [0.1, 0.15) is 12.7 Å². The molecule has 0 amide bonds. The predicted molar refractivity (Wildman–Crippen MR) is 92.9 cm³/mol. The first kappa shape index (κ1) is 15.6. The van der Waals surface area contributed by atoms with Crippen LogP contribution in [0.3, 0.4) is 0 Å². The van der Waals surface area contributed by atoms with Crippen LogP contribution in [-0.4, -0.2) is 17.8 Å². The number of hydrogen-bond donors (Lipinski definition) is 1. The summed E-state index contributed by atoms with van der Waals surface area (Å²) in [5, 5.41) is 6.04. The van der Waals surface area contributed by atoms with Gasteiger partial charge in [-0.05, 0) is 25.1 Å². The molecule has 3 rings (SSSR count). The third-order valence-corrected chi connectivity index (χ3v) is 3.72. The van der Waals surface area contributed by atoms with E-state index in [2.05, 4.69) is 15.5 Å². The van der Waals surface area contributed by atoms with E-state index in [1.54, 1.807) is 13.2 Å². The summed E-state index contributed by atoms with van der Waals surface area (Å²) in [5.41, 5.74) is 4.14. The van der Waals surface area contributed by atoms with Crippen LogP contribution in [0.25, 0.3) is 11.0 Å². The summed E-state index contributed by atoms with van der Waals surface area (Å²) in [6.07, 6.45) is 1.49. The van der Waals surface area contributed by atoms with E-state index in [0.717, 1.165) is 5.39 Å². The van der Waals surface area contributed by atoms with E-state index in [1.807, 2.05) is 31.2 Å². The van der Waals surface area contributed by atoms with Gasteiger partial charge >= 0.3 is 0 Å². The quantitative estimate of drug-likeness (QED) is 0.533. The number of rotatable bonds is 4. The molecule has 0 fully saturated rings. The number of ether oxygens (including phenoxy) is 1. The highest BCUT2D eigenvalue weighted by Crippen LogP contribution is 2.29. The molecule has 0 atom stereocenters. The summed E-state index contributed by atoms with van der Waals surface area (Å²) < 4.78 is 11.1. The molecule has 1 N–H and O–H groups in total. The lowest BCUT2D eigenvalue weighted by Gasteiger charge is -2.03. The van der Waals surface area contributed by atoms with Crippen molar-refractivity contribution >= 4 is 45.7 Å². The SMILES string of the molecule is COc1cccc2cc(/C(C)=N\Nc3ncc(Cl)cc3Cl)oc12. The first-order valence-corrected chi connectivity index (χ1v) is 7.52. The van der Waals surface area contributed by atoms with E-state index in [4.69, 9.17) is 32.4 Å². The zero-order valence-electron chi connectivity index (χ0n) is 12.4. The van der Waals surface area contributed by atoms with Crippen LogP contribution in [0.4, 0.5) is 5.82 Å². The molecule has 2 aromatic heterocycles. The number of aromatic nitrogens is 1. The Hall–Kier alpha value is -2.24. The van der Waals surface area contributed by atoms with E-state index >= 15 is 0 Å². The Balaban J connectivity index is 1.89. The van der Waals surface area contributed by atoms with Crippen LogP contribution in [0.15, 0.2) is 46.0 Å². The minimum atomic E-state index is 0.389. The monoisotopic (exact) mass is 349 g/mol. The van der Waals surface area contributed by atoms with Gasteiger partial charge in [-0.25, -0.2) is 4.98 Å². The third-order valence-electron chi connectivity index (χ3n) is 3.22. The number of furan rings is 1. The molecule has 2 heterocycles. The number of benzene rings is 1. The number of nitrogens with one attached hydrogen (secondary N) is 1. The fourth-order valence-corrected chi connectivity index (χ4v) is 2.49. The lowest BCUT2D eigenvalue weighted by atomic mass is 10.2. The maximum absolute atomic E-state index is 6.04. The highest BCUT2D eigenvalue weighted by atomic mass is 35.5. The zero-order chi connectivity index (χ0) is 16.4. The Morgan fingerprint density at radius 3 is 2.87 bits per heavy atom. The highest BCUT2D eigenvalue weighted by molar-refractivity contribution is 6.35. The Morgan fingerprint density at radius 1 is 1.30 bits per heavy atom. The Labute approximate surface area is 142 Å². The summed E-state index contributed by atoms with van der Waals surface area (Å²) in [5.74, 6) is 1.73. The van der Waals surface area contributed by atoms with Crippen LogP contribution >= 0.6 is 23.2 Å². The first-order valence-electron chi connectivity index (χ1n) is 6.76. The predicted octanol–water partition coefficient (Wildman–Crippen LogP) is 4.98.